The Kier molecular flexibility index (Phi) is 5.31. The van der Waals surface area contributed by atoms with Crippen molar-refractivity contribution < 1.29 is 19.4 Å². The molecule has 1 aliphatic heterocycles. The molecule has 1 aromatic carbocycles. The van der Waals surface area contributed by atoms with E-state index in [1.165, 1.54) is 0 Å². The highest BCUT2D eigenvalue weighted by molar-refractivity contribution is 6.32. The van der Waals surface area contributed by atoms with Crippen molar-refractivity contribution in [2.24, 2.45) is 5.92 Å². The summed E-state index contributed by atoms with van der Waals surface area (Å²) in [6.45, 7) is 2.06. The third-order valence-corrected chi connectivity index (χ3v) is 4.10. The van der Waals surface area contributed by atoms with E-state index in [4.69, 9.17) is 26.2 Å². The predicted molar refractivity (Wildman–Crippen MR) is 80.2 cm³/mol. The Morgan fingerprint density at radius 2 is 2.10 bits per heavy atom. The van der Waals surface area contributed by atoms with Crippen molar-refractivity contribution >= 4 is 17.6 Å². The molecule has 0 aromatic heterocycles. The van der Waals surface area contributed by atoms with Crippen LogP contribution < -0.4 is 9.47 Å². The molecule has 2 rings (SSSR count). The molecule has 1 aromatic rings. The Labute approximate surface area is 129 Å². The lowest BCUT2D eigenvalue weighted by Gasteiger charge is -2.31. The van der Waals surface area contributed by atoms with Crippen LogP contribution in [0.3, 0.4) is 0 Å². The average Bonchev–Trinajstić information content (AvgIpc) is 2.48. The van der Waals surface area contributed by atoms with Gasteiger partial charge in [-0.15, -0.1) is 0 Å². The van der Waals surface area contributed by atoms with E-state index in [0.29, 0.717) is 29.6 Å². The fourth-order valence-corrected chi connectivity index (χ4v) is 2.95. The molecule has 0 amide bonds. The lowest BCUT2D eigenvalue weighted by molar-refractivity contribution is -0.143. The van der Waals surface area contributed by atoms with Gasteiger partial charge in [-0.2, -0.15) is 0 Å². The molecule has 0 spiro atoms. The molecule has 1 fully saturated rings. The van der Waals surface area contributed by atoms with Crippen LogP contribution in [0.1, 0.15) is 18.4 Å². The molecule has 1 heterocycles. The largest absolute Gasteiger partial charge is 0.496 e. The van der Waals surface area contributed by atoms with Crippen molar-refractivity contribution in [1.29, 1.82) is 0 Å². The molecule has 0 aliphatic carbocycles. The van der Waals surface area contributed by atoms with Crippen LogP contribution in [-0.2, 0) is 11.3 Å². The standard InChI is InChI=1S/C15H20ClNO4/c1-20-13-7-14(21-2)12(16)6-11(13)9-17-5-3-4-10(8-17)15(18)19/h6-7,10H,3-5,8-9H2,1-2H3,(H,18,19). The molecule has 1 saturated heterocycles. The number of methoxy groups -OCH3 is 2. The number of ether oxygens (including phenoxy) is 2. The van der Waals surface area contributed by atoms with Crippen molar-refractivity contribution in [3.05, 3.63) is 22.7 Å². The number of hydrogen-bond acceptors (Lipinski definition) is 4. The minimum atomic E-state index is -0.723. The van der Waals surface area contributed by atoms with Gasteiger partial charge in [-0.05, 0) is 25.5 Å². The number of carboxylic acids is 1. The van der Waals surface area contributed by atoms with Gasteiger partial charge < -0.3 is 14.6 Å². The van der Waals surface area contributed by atoms with Crippen LogP contribution >= 0.6 is 11.6 Å². The van der Waals surface area contributed by atoms with Crippen LogP contribution in [0.5, 0.6) is 11.5 Å². The zero-order valence-corrected chi connectivity index (χ0v) is 13.0. The Hall–Kier alpha value is -1.46. The monoisotopic (exact) mass is 313 g/mol. The predicted octanol–water partition coefficient (Wildman–Crippen LogP) is 2.65. The molecule has 5 nitrogen and oxygen atoms in total. The first-order valence-electron chi connectivity index (χ1n) is 6.90. The summed E-state index contributed by atoms with van der Waals surface area (Å²) < 4.78 is 10.6. The van der Waals surface area contributed by atoms with Crippen molar-refractivity contribution in [1.82, 2.24) is 4.90 Å². The molecule has 1 atom stereocenters. The van der Waals surface area contributed by atoms with E-state index in [1.807, 2.05) is 6.07 Å². The average molecular weight is 314 g/mol. The first-order chi connectivity index (χ1) is 10.0. The summed E-state index contributed by atoms with van der Waals surface area (Å²) in [6, 6.07) is 3.58. The SMILES string of the molecule is COc1cc(OC)c(CN2CCCC(C(=O)O)C2)cc1Cl. The highest BCUT2D eigenvalue weighted by atomic mass is 35.5. The van der Waals surface area contributed by atoms with Gasteiger partial charge in [0, 0.05) is 24.7 Å². The van der Waals surface area contributed by atoms with Crippen molar-refractivity contribution in [3.63, 3.8) is 0 Å². The molecule has 0 saturated carbocycles. The maximum absolute atomic E-state index is 11.1. The first-order valence-corrected chi connectivity index (χ1v) is 7.28. The van der Waals surface area contributed by atoms with E-state index in [2.05, 4.69) is 4.90 Å². The van der Waals surface area contributed by atoms with Gasteiger partial charge in [-0.1, -0.05) is 11.6 Å². The molecule has 0 radical (unpaired) electrons. The molecule has 1 unspecified atom stereocenters. The van der Waals surface area contributed by atoms with Gasteiger partial charge in [-0.25, -0.2) is 0 Å². The number of halogens is 1. The van der Waals surface area contributed by atoms with Gasteiger partial charge in [0.15, 0.2) is 0 Å². The third kappa shape index (κ3) is 3.80. The highest BCUT2D eigenvalue weighted by Crippen LogP contribution is 2.33. The van der Waals surface area contributed by atoms with E-state index in [-0.39, 0.29) is 5.92 Å². The van der Waals surface area contributed by atoms with E-state index in [9.17, 15) is 4.79 Å². The molecule has 6 heteroatoms. The van der Waals surface area contributed by atoms with Crippen molar-refractivity contribution in [2.45, 2.75) is 19.4 Å². The molecule has 0 bridgehead atoms. The second-order valence-electron chi connectivity index (χ2n) is 5.21. The first kappa shape index (κ1) is 15.9. The maximum Gasteiger partial charge on any atom is 0.307 e. The van der Waals surface area contributed by atoms with Crippen LogP contribution in [0.15, 0.2) is 12.1 Å². The summed E-state index contributed by atoms with van der Waals surface area (Å²) >= 11 is 6.16. The van der Waals surface area contributed by atoms with Gasteiger partial charge in [0.05, 0.1) is 25.2 Å². The highest BCUT2D eigenvalue weighted by Gasteiger charge is 2.26. The van der Waals surface area contributed by atoms with Crippen LogP contribution in [0.4, 0.5) is 0 Å². The number of piperidine rings is 1. The number of likely N-dealkylation sites (tertiary alicyclic amines) is 1. The van der Waals surface area contributed by atoms with Crippen LogP contribution in [0, 0.1) is 5.92 Å². The van der Waals surface area contributed by atoms with Crippen molar-refractivity contribution in [3.8, 4) is 11.5 Å². The van der Waals surface area contributed by atoms with E-state index < -0.39 is 5.97 Å². The lowest BCUT2D eigenvalue weighted by atomic mass is 9.98. The maximum atomic E-state index is 11.1. The van der Waals surface area contributed by atoms with Gasteiger partial charge in [0.2, 0.25) is 0 Å². The van der Waals surface area contributed by atoms with Crippen molar-refractivity contribution in [2.75, 3.05) is 27.3 Å². The molecule has 116 valence electrons. The number of rotatable bonds is 5. The minimum Gasteiger partial charge on any atom is -0.496 e. The third-order valence-electron chi connectivity index (χ3n) is 3.80. The van der Waals surface area contributed by atoms with Gasteiger partial charge in [-0.3, -0.25) is 9.69 Å². The molecule has 21 heavy (non-hydrogen) atoms. The number of nitrogens with zero attached hydrogens (tertiary/aromatic N) is 1. The zero-order valence-electron chi connectivity index (χ0n) is 12.3. The number of carboxylic acid groups (broad SMARTS) is 1. The molecule has 1 N–H and O–H groups in total. The van der Waals surface area contributed by atoms with E-state index >= 15 is 0 Å². The molecule has 1 aliphatic rings. The second kappa shape index (κ2) is 7.00. The van der Waals surface area contributed by atoms with Crippen LogP contribution in [-0.4, -0.2) is 43.3 Å². The summed E-state index contributed by atoms with van der Waals surface area (Å²) in [7, 11) is 3.16. The number of aliphatic carboxylic acids is 1. The Balaban J connectivity index is 2.15. The Morgan fingerprint density at radius 1 is 1.38 bits per heavy atom. The second-order valence-corrected chi connectivity index (χ2v) is 5.62. The normalized spacial score (nSPS) is 19.3. The zero-order chi connectivity index (χ0) is 15.4. The van der Waals surface area contributed by atoms with Gasteiger partial charge >= 0.3 is 5.97 Å². The van der Waals surface area contributed by atoms with Crippen LogP contribution in [0.25, 0.3) is 0 Å². The van der Waals surface area contributed by atoms with E-state index in [0.717, 1.165) is 24.9 Å². The number of hydrogen-bond donors (Lipinski definition) is 1. The Morgan fingerprint density at radius 3 is 2.71 bits per heavy atom. The van der Waals surface area contributed by atoms with Gasteiger partial charge in [0.25, 0.3) is 0 Å². The van der Waals surface area contributed by atoms with E-state index in [1.54, 1.807) is 20.3 Å². The fourth-order valence-electron chi connectivity index (χ4n) is 2.69. The fraction of sp³-hybridized carbons (Fsp3) is 0.533. The topological polar surface area (TPSA) is 59.0 Å². The molecular weight excluding hydrogens is 294 g/mol. The summed E-state index contributed by atoms with van der Waals surface area (Å²) in [6.07, 6.45) is 1.63. The summed E-state index contributed by atoms with van der Waals surface area (Å²) in [5.74, 6) is 0.255. The summed E-state index contributed by atoms with van der Waals surface area (Å²) in [5, 5.41) is 9.67. The Bertz CT molecular complexity index is 521. The number of carbonyl (C=O) groups is 1. The summed E-state index contributed by atoms with van der Waals surface area (Å²) in [5.41, 5.74) is 0.939. The van der Waals surface area contributed by atoms with Gasteiger partial charge in [0.1, 0.15) is 11.5 Å². The van der Waals surface area contributed by atoms with Crippen LogP contribution in [0.2, 0.25) is 5.02 Å². The summed E-state index contributed by atoms with van der Waals surface area (Å²) in [4.78, 5) is 13.3. The quantitative estimate of drug-likeness (QED) is 0.905. The minimum absolute atomic E-state index is 0.293. The molecular formula is C15H20ClNO4. The number of benzene rings is 1. The smallest absolute Gasteiger partial charge is 0.307 e. The lowest BCUT2D eigenvalue weighted by Crippen LogP contribution is -2.38.